The summed E-state index contributed by atoms with van der Waals surface area (Å²) in [7, 11) is 0. The monoisotopic (exact) mass is 385 g/mol. The van der Waals surface area contributed by atoms with Crippen molar-refractivity contribution < 1.29 is 19.5 Å². The number of hydrogen-bond donors (Lipinski definition) is 2. The number of nitrogens with two attached hydrogens (primary N) is 1. The Morgan fingerprint density at radius 1 is 1.30 bits per heavy atom. The van der Waals surface area contributed by atoms with Crippen molar-refractivity contribution in [2.24, 2.45) is 5.73 Å². The molecule has 0 aliphatic heterocycles. The smallest absolute Gasteiger partial charge is 0.356 e. The summed E-state index contributed by atoms with van der Waals surface area (Å²) in [6.45, 7) is 0. The third-order valence-corrected chi connectivity index (χ3v) is 4.75. The molecular weight excluding hydrogens is 366 g/mol. The molecule has 0 radical (unpaired) electrons. The van der Waals surface area contributed by atoms with Gasteiger partial charge in [-0.2, -0.15) is 16.5 Å². The summed E-state index contributed by atoms with van der Waals surface area (Å²) in [6.07, 6.45) is 5.54. The minimum absolute atomic E-state index is 0.144. The van der Waals surface area contributed by atoms with Crippen molar-refractivity contribution in [2.75, 3.05) is 12.0 Å². The van der Waals surface area contributed by atoms with E-state index < -0.39 is 18.0 Å². The molecule has 0 spiro atoms. The topological polar surface area (TPSA) is 107 Å². The van der Waals surface area contributed by atoms with Gasteiger partial charge >= 0.3 is 11.9 Å². The van der Waals surface area contributed by atoms with Gasteiger partial charge in [-0.3, -0.25) is 4.98 Å². The summed E-state index contributed by atoms with van der Waals surface area (Å²) in [4.78, 5) is 33.9. The molecule has 0 bridgehead atoms. The molecule has 0 fully saturated rings. The van der Waals surface area contributed by atoms with Gasteiger partial charge in [-0.25, -0.2) is 9.59 Å². The Bertz CT molecular complexity index is 972. The first-order chi connectivity index (χ1) is 13.0. The molecule has 27 heavy (non-hydrogen) atoms. The van der Waals surface area contributed by atoms with Crippen molar-refractivity contribution in [1.29, 1.82) is 0 Å². The van der Waals surface area contributed by atoms with E-state index in [-0.39, 0.29) is 5.69 Å². The molecule has 1 atom stereocenters. The van der Waals surface area contributed by atoms with Crippen LogP contribution in [0.2, 0.25) is 0 Å². The van der Waals surface area contributed by atoms with Crippen LogP contribution in [0.1, 0.15) is 16.9 Å². The number of fused-ring (bicyclic) bond motifs is 1. The summed E-state index contributed by atoms with van der Waals surface area (Å²) >= 11 is 1.57. The van der Waals surface area contributed by atoms with Gasteiger partial charge in [-0.15, -0.1) is 0 Å². The average Bonchev–Trinajstić information content (AvgIpc) is 3.01. The Balaban J connectivity index is 2.14. The van der Waals surface area contributed by atoms with Crippen LogP contribution < -0.4 is 10.6 Å². The fraction of sp³-hybridized carbons (Fsp3) is 0.211. The third kappa shape index (κ3) is 3.81. The Kier molecular flexibility index (Phi) is 5.78. The van der Waals surface area contributed by atoms with Crippen molar-refractivity contribution in [3.8, 4) is 11.1 Å². The predicted molar refractivity (Wildman–Crippen MR) is 105 cm³/mol. The molecule has 0 aliphatic carbocycles. The number of carboxylic acids is 1. The standard InChI is InChI=1S/C19H19N3O4S/c1-27-10-8-14(20)19(25)26-22-15-7-3-2-6-13(15)16(17(22)18(23)24)12-5-4-9-21-11-12/h2-7,9,11,14H,8,10,20H2,1H3,(H,23,24). The van der Waals surface area contributed by atoms with Crippen LogP contribution in [0.3, 0.4) is 0 Å². The second-order valence-electron chi connectivity index (χ2n) is 5.88. The molecule has 140 valence electrons. The third-order valence-electron chi connectivity index (χ3n) is 4.10. The fourth-order valence-electron chi connectivity index (χ4n) is 2.82. The van der Waals surface area contributed by atoms with Crippen molar-refractivity contribution in [1.82, 2.24) is 9.71 Å². The summed E-state index contributed by atoms with van der Waals surface area (Å²) in [5, 5.41) is 10.5. The molecule has 8 heteroatoms. The van der Waals surface area contributed by atoms with E-state index in [1.807, 2.05) is 6.26 Å². The highest BCUT2D eigenvalue weighted by atomic mass is 32.2. The summed E-state index contributed by atoms with van der Waals surface area (Å²) in [5.74, 6) is -1.18. The second kappa shape index (κ2) is 8.24. The van der Waals surface area contributed by atoms with Gasteiger partial charge in [0.05, 0.1) is 5.52 Å². The number of rotatable bonds is 7. The van der Waals surface area contributed by atoms with Crippen molar-refractivity contribution in [2.45, 2.75) is 12.5 Å². The van der Waals surface area contributed by atoms with E-state index in [9.17, 15) is 14.7 Å². The van der Waals surface area contributed by atoms with Gasteiger partial charge in [0.1, 0.15) is 6.04 Å². The van der Waals surface area contributed by atoms with Crippen molar-refractivity contribution in [3.05, 3.63) is 54.5 Å². The average molecular weight is 385 g/mol. The summed E-state index contributed by atoms with van der Waals surface area (Å²) in [5.41, 5.74) is 7.27. The first-order valence-electron chi connectivity index (χ1n) is 8.28. The molecule has 0 aliphatic rings. The minimum Gasteiger partial charge on any atom is -0.476 e. The van der Waals surface area contributed by atoms with Crippen LogP contribution in [0, 0.1) is 0 Å². The number of thioether (sulfide) groups is 1. The molecule has 0 amide bonds. The molecule has 2 heterocycles. The number of para-hydroxylation sites is 1. The van der Waals surface area contributed by atoms with Crippen LogP contribution >= 0.6 is 11.8 Å². The minimum atomic E-state index is -1.21. The lowest BCUT2D eigenvalue weighted by Gasteiger charge is -2.13. The van der Waals surface area contributed by atoms with Gasteiger partial charge in [0.25, 0.3) is 0 Å². The normalized spacial score (nSPS) is 12.1. The quantitative estimate of drug-likeness (QED) is 0.643. The zero-order valence-corrected chi connectivity index (χ0v) is 15.5. The molecule has 3 N–H and O–H groups in total. The van der Waals surface area contributed by atoms with Crippen LogP contribution in [-0.2, 0) is 4.79 Å². The lowest BCUT2D eigenvalue weighted by molar-refractivity contribution is -0.145. The lowest BCUT2D eigenvalue weighted by Crippen LogP contribution is -2.38. The van der Waals surface area contributed by atoms with Gasteiger partial charge in [0.15, 0.2) is 5.69 Å². The number of pyridine rings is 1. The molecule has 0 saturated carbocycles. The molecule has 7 nitrogen and oxygen atoms in total. The molecule has 2 aromatic heterocycles. The number of hydrogen-bond acceptors (Lipinski definition) is 6. The van der Waals surface area contributed by atoms with E-state index in [1.165, 1.54) is 0 Å². The van der Waals surface area contributed by atoms with Gasteiger partial charge in [-0.1, -0.05) is 24.3 Å². The van der Waals surface area contributed by atoms with Crippen LogP contribution in [0.4, 0.5) is 0 Å². The highest BCUT2D eigenvalue weighted by molar-refractivity contribution is 7.98. The van der Waals surface area contributed by atoms with E-state index in [1.54, 1.807) is 60.6 Å². The number of carbonyl (C=O) groups is 2. The Hall–Kier alpha value is -2.84. The SMILES string of the molecule is CSCCC(N)C(=O)On1c(C(=O)O)c(-c2cccnc2)c2ccccc21. The summed E-state index contributed by atoms with van der Waals surface area (Å²) in [6, 6.07) is 9.67. The molecule has 1 aromatic carbocycles. The predicted octanol–water partition coefficient (Wildman–Crippen LogP) is 2.44. The first-order valence-corrected chi connectivity index (χ1v) is 9.67. The second-order valence-corrected chi connectivity index (χ2v) is 6.87. The molecule has 3 rings (SSSR count). The molecule has 0 saturated heterocycles. The largest absolute Gasteiger partial charge is 0.476 e. The lowest BCUT2D eigenvalue weighted by atomic mass is 10.0. The summed E-state index contributed by atoms with van der Waals surface area (Å²) < 4.78 is 1.06. The van der Waals surface area contributed by atoms with Gasteiger partial charge < -0.3 is 15.7 Å². The maximum Gasteiger partial charge on any atom is 0.356 e. The van der Waals surface area contributed by atoms with E-state index in [0.29, 0.717) is 34.2 Å². The Morgan fingerprint density at radius 2 is 2.07 bits per heavy atom. The van der Waals surface area contributed by atoms with E-state index >= 15 is 0 Å². The molecule has 3 aromatic rings. The number of carboxylic acid groups (broad SMARTS) is 1. The molecule has 1 unspecified atom stereocenters. The van der Waals surface area contributed by atoms with Crippen LogP contribution in [0.15, 0.2) is 48.8 Å². The number of aromatic nitrogens is 2. The van der Waals surface area contributed by atoms with E-state index in [0.717, 1.165) is 4.73 Å². The van der Waals surface area contributed by atoms with E-state index in [2.05, 4.69) is 4.98 Å². The zero-order chi connectivity index (χ0) is 19.4. The zero-order valence-electron chi connectivity index (χ0n) is 14.7. The van der Waals surface area contributed by atoms with Crippen molar-refractivity contribution >= 4 is 34.6 Å². The highest BCUT2D eigenvalue weighted by Gasteiger charge is 2.27. The maximum absolute atomic E-state index is 12.4. The van der Waals surface area contributed by atoms with Crippen LogP contribution in [0.25, 0.3) is 22.0 Å². The van der Waals surface area contributed by atoms with Gasteiger partial charge in [0, 0.05) is 28.9 Å². The maximum atomic E-state index is 12.4. The number of carbonyl (C=O) groups excluding carboxylic acids is 1. The van der Waals surface area contributed by atoms with Crippen LogP contribution in [-0.4, -0.2) is 44.8 Å². The van der Waals surface area contributed by atoms with Crippen LogP contribution in [0.5, 0.6) is 0 Å². The number of aromatic carboxylic acids is 1. The van der Waals surface area contributed by atoms with Gasteiger partial charge in [-0.05, 0) is 30.6 Å². The van der Waals surface area contributed by atoms with E-state index in [4.69, 9.17) is 10.6 Å². The molecular formula is C19H19N3O4S. The van der Waals surface area contributed by atoms with Gasteiger partial charge in [0.2, 0.25) is 0 Å². The number of benzene rings is 1. The highest BCUT2D eigenvalue weighted by Crippen LogP contribution is 2.34. The number of nitrogens with zero attached hydrogens (tertiary/aromatic N) is 2. The fourth-order valence-corrected chi connectivity index (χ4v) is 3.31. The van der Waals surface area contributed by atoms with Crippen molar-refractivity contribution in [3.63, 3.8) is 0 Å². The Labute approximate surface area is 160 Å². The first kappa shape index (κ1) is 18.9. The Morgan fingerprint density at radius 3 is 2.74 bits per heavy atom.